The number of carbonyl (C=O) groups excluding carboxylic acids is 1. The molecule has 10 heteroatoms. The first-order valence-electron chi connectivity index (χ1n) is 9.08. The largest absolute Gasteiger partial charge is 0.323 e. The van der Waals surface area contributed by atoms with E-state index in [4.69, 9.17) is 5.26 Å². The number of nitrogens with one attached hydrogen (secondary N) is 1. The summed E-state index contributed by atoms with van der Waals surface area (Å²) in [6.45, 7) is -0.179. The highest BCUT2D eigenvalue weighted by Gasteiger charge is 2.31. The summed E-state index contributed by atoms with van der Waals surface area (Å²) >= 11 is 0. The SMILES string of the molecule is CN(C1CCCCC1)S(=O)(=O)c1ccccc1NC(=O)Cn1cnc(C#N)n1. The van der Waals surface area contributed by atoms with Crippen molar-refractivity contribution in [1.82, 2.24) is 19.1 Å². The summed E-state index contributed by atoms with van der Waals surface area (Å²) in [5.41, 5.74) is 0.218. The average molecular weight is 402 g/mol. The number of benzene rings is 1. The lowest BCUT2D eigenvalue weighted by Gasteiger charge is -2.30. The molecule has 1 amide bonds. The summed E-state index contributed by atoms with van der Waals surface area (Å²) in [4.78, 5) is 16.1. The molecule has 28 heavy (non-hydrogen) atoms. The van der Waals surface area contributed by atoms with Gasteiger partial charge in [0.25, 0.3) is 5.82 Å². The van der Waals surface area contributed by atoms with E-state index in [1.165, 1.54) is 21.4 Å². The molecular formula is C18H22N6O3S. The van der Waals surface area contributed by atoms with Gasteiger partial charge in [-0.2, -0.15) is 9.57 Å². The third kappa shape index (κ3) is 4.37. The summed E-state index contributed by atoms with van der Waals surface area (Å²) in [6, 6.07) is 8.11. The van der Waals surface area contributed by atoms with Crippen LogP contribution >= 0.6 is 0 Å². The predicted octanol–water partition coefficient (Wildman–Crippen LogP) is 1.74. The lowest BCUT2D eigenvalue weighted by atomic mass is 9.96. The van der Waals surface area contributed by atoms with Crippen LogP contribution in [0.1, 0.15) is 37.9 Å². The van der Waals surface area contributed by atoms with Gasteiger partial charge in [0.1, 0.15) is 23.8 Å². The number of amides is 1. The monoisotopic (exact) mass is 402 g/mol. The minimum atomic E-state index is -3.75. The molecule has 0 unspecified atom stereocenters. The van der Waals surface area contributed by atoms with E-state index in [0.717, 1.165) is 32.1 Å². The number of anilines is 1. The van der Waals surface area contributed by atoms with E-state index in [2.05, 4.69) is 15.4 Å². The Balaban J connectivity index is 1.78. The smallest absolute Gasteiger partial charge is 0.252 e. The highest BCUT2D eigenvalue weighted by atomic mass is 32.2. The van der Waals surface area contributed by atoms with Crippen LogP contribution in [0.3, 0.4) is 0 Å². The average Bonchev–Trinajstić information content (AvgIpc) is 3.15. The van der Waals surface area contributed by atoms with Gasteiger partial charge in [-0.15, -0.1) is 5.10 Å². The van der Waals surface area contributed by atoms with Crippen LogP contribution in [0, 0.1) is 11.3 Å². The number of para-hydroxylation sites is 1. The van der Waals surface area contributed by atoms with Gasteiger partial charge >= 0.3 is 0 Å². The van der Waals surface area contributed by atoms with Crippen molar-refractivity contribution in [3.63, 3.8) is 0 Å². The van der Waals surface area contributed by atoms with Crippen LogP contribution < -0.4 is 5.32 Å². The van der Waals surface area contributed by atoms with E-state index in [-0.39, 0.29) is 29.0 Å². The summed E-state index contributed by atoms with van der Waals surface area (Å²) in [5.74, 6) is -0.498. The molecule has 0 saturated heterocycles. The van der Waals surface area contributed by atoms with Crippen molar-refractivity contribution in [3.05, 3.63) is 36.4 Å². The van der Waals surface area contributed by atoms with Gasteiger partial charge < -0.3 is 5.32 Å². The standard InChI is InChI=1S/C18H22N6O3S/c1-23(14-7-3-2-4-8-14)28(26,27)16-10-6-5-9-15(16)21-18(25)12-24-13-20-17(11-19)22-24/h5-6,9-10,13-14H,2-4,7-8,12H2,1H3,(H,21,25). The van der Waals surface area contributed by atoms with E-state index in [0.29, 0.717) is 0 Å². The molecule has 1 aliphatic rings. The number of nitriles is 1. The summed E-state index contributed by atoms with van der Waals surface area (Å²) in [7, 11) is -2.15. The van der Waals surface area contributed by atoms with Crippen LogP contribution in [0.2, 0.25) is 0 Å². The van der Waals surface area contributed by atoms with Crippen molar-refractivity contribution >= 4 is 21.6 Å². The zero-order chi connectivity index (χ0) is 20.1. The molecule has 1 fully saturated rings. The van der Waals surface area contributed by atoms with Crippen molar-refractivity contribution in [2.75, 3.05) is 12.4 Å². The van der Waals surface area contributed by atoms with E-state index < -0.39 is 15.9 Å². The fourth-order valence-electron chi connectivity index (χ4n) is 3.35. The Kier molecular flexibility index (Phi) is 6.06. The van der Waals surface area contributed by atoms with E-state index in [9.17, 15) is 13.2 Å². The first-order chi connectivity index (χ1) is 13.4. The minimum Gasteiger partial charge on any atom is -0.323 e. The van der Waals surface area contributed by atoms with Crippen LogP contribution in [0.5, 0.6) is 0 Å². The Labute approximate surface area is 164 Å². The van der Waals surface area contributed by atoms with Gasteiger partial charge in [0, 0.05) is 13.1 Å². The first-order valence-corrected chi connectivity index (χ1v) is 10.5. The molecule has 148 valence electrons. The Hall–Kier alpha value is -2.77. The number of nitrogens with zero attached hydrogens (tertiary/aromatic N) is 5. The maximum atomic E-state index is 13.1. The van der Waals surface area contributed by atoms with Gasteiger partial charge in [0.2, 0.25) is 15.9 Å². The fourth-order valence-corrected chi connectivity index (χ4v) is 4.91. The lowest BCUT2D eigenvalue weighted by Crippen LogP contribution is -2.38. The summed E-state index contributed by atoms with van der Waals surface area (Å²) in [6.07, 6.45) is 6.14. The van der Waals surface area contributed by atoms with E-state index in [1.807, 2.05) is 0 Å². The van der Waals surface area contributed by atoms with Crippen LogP contribution in [0.4, 0.5) is 5.69 Å². The molecule has 1 aromatic heterocycles. The molecule has 1 N–H and O–H groups in total. The first kappa shape index (κ1) is 20.0. The van der Waals surface area contributed by atoms with Crippen molar-refractivity contribution in [2.45, 2.75) is 49.6 Å². The van der Waals surface area contributed by atoms with Crippen molar-refractivity contribution in [2.24, 2.45) is 0 Å². The number of rotatable bonds is 6. The van der Waals surface area contributed by atoms with Crippen LogP contribution in [0.15, 0.2) is 35.5 Å². The molecule has 2 aromatic rings. The quantitative estimate of drug-likeness (QED) is 0.786. The number of sulfonamides is 1. The maximum absolute atomic E-state index is 13.1. The number of aromatic nitrogens is 3. The van der Waals surface area contributed by atoms with Gasteiger partial charge in [0.15, 0.2) is 0 Å². The second kappa shape index (κ2) is 8.50. The van der Waals surface area contributed by atoms with Crippen LogP contribution in [-0.2, 0) is 21.4 Å². The molecule has 1 heterocycles. The lowest BCUT2D eigenvalue weighted by molar-refractivity contribution is -0.116. The minimum absolute atomic E-state index is 0.0259. The third-order valence-corrected chi connectivity index (χ3v) is 6.82. The highest BCUT2D eigenvalue weighted by Crippen LogP contribution is 2.29. The maximum Gasteiger partial charge on any atom is 0.252 e. The Morgan fingerprint density at radius 1 is 1.32 bits per heavy atom. The second-order valence-electron chi connectivity index (χ2n) is 6.73. The molecular weight excluding hydrogens is 380 g/mol. The topological polar surface area (TPSA) is 121 Å². The number of hydrogen-bond acceptors (Lipinski definition) is 6. The van der Waals surface area contributed by atoms with Crippen molar-refractivity contribution < 1.29 is 13.2 Å². The molecule has 9 nitrogen and oxygen atoms in total. The molecule has 1 aliphatic carbocycles. The molecule has 3 rings (SSSR count). The summed E-state index contributed by atoms with van der Waals surface area (Å²) in [5, 5.41) is 15.2. The molecule has 1 saturated carbocycles. The summed E-state index contributed by atoms with van der Waals surface area (Å²) < 4.78 is 28.9. The van der Waals surface area contributed by atoms with Crippen LogP contribution in [0.25, 0.3) is 0 Å². The molecule has 0 radical (unpaired) electrons. The van der Waals surface area contributed by atoms with Gasteiger partial charge in [0.05, 0.1) is 5.69 Å². The molecule has 1 aromatic carbocycles. The zero-order valence-corrected chi connectivity index (χ0v) is 16.4. The number of carbonyl (C=O) groups is 1. The number of hydrogen-bond donors (Lipinski definition) is 1. The Morgan fingerprint density at radius 3 is 2.71 bits per heavy atom. The van der Waals surface area contributed by atoms with Gasteiger partial charge in [-0.1, -0.05) is 31.4 Å². The Bertz CT molecular complexity index is 989. The molecule has 0 aliphatic heterocycles. The van der Waals surface area contributed by atoms with E-state index in [1.54, 1.807) is 31.3 Å². The van der Waals surface area contributed by atoms with Crippen molar-refractivity contribution in [3.8, 4) is 6.07 Å². The third-order valence-electron chi connectivity index (χ3n) is 4.85. The van der Waals surface area contributed by atoms with Gasteiger partial charge in [-0.25, -0.2) is 18.1 Å². The van der Waals surface area contributed by atoms with Crippen molar-refractivity contribution in [1.29, 1.82) is 5.26 Å². The molecule has 0 bridgehead atoms. The second-order valence-corrected chi connectivity index (χ2v) is 8.70. The fraction of sp³-hybridized carbons (Fsp3) is 0.444. The normalized spacial score (nSPS) is 15.3. The van der Waals surface area contributed by atoms with Gasteiger partial charge in [-0.3, -0.25) is 4.79 Å². The van der Waals surface area contributed by atoms with E-state index >= 15 is 0 Å². The highest BCUT2D eigenvalue weighted by molar-refractivity contribution is 7.89. The predicted molar refractivity (Wildman–Crippen MR) is 102 cm³/mol. The van der Waals surface area contributed by atoms with Gasteiger partial charge in [-0.05, 0) is 25.0 Å². The Morgan fingerprint density at radius 2 is 2.04 bits per heavy atom. The molecule has 0 spiro atoms. The van der Waals surface area contributed by atoms with Crippen LogP contribution in [-0.4, -0.2) is 46.5 Å². The zero-order valence-electron chi connectivity index (χ0n) is 15.6. The molecule has 0 atom stereocenters.